The largest absolute Gasteiger partial charge is 0.367 e. The lowest BCUT2D eigenvalue weighted by Crippen LogP contribution is -2.40. The summed E-state index contributed by atoms with van der Waals surface area (Å²) in [6.45, 7) is 8.18. The molecule has 1 aromatic heterocycles. The van der Waals surface area contributed by atoms with Crippen LogP contribution >= 0.6 is 0 Å². The lowest BCUT2D eigenvalue weighted by Gasteiger charge is -2.32. The van der Waals surface area contributed by atoms with E-state index in [9.17, 15) is 14.9 Å². The fourth-order valence-electron chi connectivity index (χ4n) is 2.31. The fourth-order valence-corrected chi connectivity index (χ4v) is 2.31. The van der Waals surface area contributed by atoms with Crippen molar-refractivity contribution in [2.75, 3.05) is 13.1 Å². The standard InChI is InChI=1S/C14H22N4O4/c1-10-12(18(20)21)9-17(15-10)11-6-5-7-16(8-11)22-13(19)14(2,3)4/h9,11H,5-8H2,1-4H3. The monoisotopic (exact) mass is 310 g/mol. The van der Waals surface area contributed by atoms with Crippen LogP contribution in [0.3, 0.4) is 0 Å². The molecule has 22 heavy (non-hydrogen) atoms. The highest BCUT2D eigenvalue weighted by molar-refractivity contribution is 5.75. The molecule has 122 valence electrons. The smallest absolute Gasteiger partial charge is 0.330 e. The molecule has 0 bridgehead atoms. The average Bonchev–Trinajstić information content (AvgIpc) is 2.80. The van der Waals surface area contributed by atoms with Gasteiger partial charge < -0.3 is 4.84 Å². The maximum Gasteiger partial charge on any atom is 0.330 e. The van der Waals surface area contributed by atoms with E-state index in [0.717, 1.165) is 12.8 Å². The van der Waals surface area contributed by atoms with E-state index in [1.165, 1.54) is 6.20 Å². The van der Waals surface area contributed by atoms with Gasteiger partial charge in [-0.05, 0) is 40.5 Å². The Hall–Kier alpha value is -1.96. The maximum atomic E-state index is 11.9. The van der Waals surface area contributed by atoms with Gasteiger partial charge in [0.25, 0.3) is 0 Å². The number of carbonyl (C=O) groups excluding carboxylic acids is 1. The van der Waals surface area contributed by atoms with E-state index in [2.05, 4.69) is 5.10 Å². The number of hydroxylamine groups is 2. The number of rotatable bonds is 3. The normalized spacial score (nSPS) is 19.9. The summed E-state index contributed by atoms with van der Waals surface area (Å²) in [6.07, 6.45) is 3.14. The van der Waals surface area contributed by atoms with Crippen LogP contribution in [0.15, 0.2) is 6.20 Å². The second-order valence-corrected chi connectivity index (χ2v) is 6.65. The summed E-state index contributed by atoms with van der Waals surface area (Å²) in [6, 6.07) is -0.0334. The van der Waals surface area contributed by atoms with Gasteiger partial charge in [0.15, 0.2) is 0 Å². The lowest BCUT2D eigenvalue weighted by molar-refractivity contribution is -0.385. The van der Waals surface area contributed by atoms with E-state index in [0.29, 0.717) is 18.8 Å². The first-order valence-electron chi connectivity index (χ1n) is 7.36. The molecule has 1 fully saturated rings. The van der Waals surface area contributed by atoms with Gasteiger partial charge in [-0.1, -0.05) is 0 Å². The van der Waals surface area contributed by atoms with Gasteiger partial charge in [-0.25, -0.2) is 4.79 Å². The highest BCUT2D eigenvalue weighted by atomic mass is 16.7. The number of carbonyl (C=O) groups is 1. The first-order valence-corrected chi connectivity index (χ1v) is 7.36. The number of hydrogen-bond donors (Lipinski definition) is 0. The second kappa shape index (κ2) is 6.04. The van der Waals surface area contributed by atoms with E-state index in [1.54, 1.807) is 37.4 Å². The summed E-state index contributed by atoms with van der Waals surface area (Å²) in [5, 5.41) is 16.8. The van der Waals surface area contributed by atoms with E-state index in [1.807, 2.05) is 0 Å². The first-order chi connectivity index (χ1) is 10.2. The molecule has 1 aliphatic heterocycles. The Morgan fingerprint density at radius 1 is 1.50 bits per heavy atom. The zero-order valence-electron chi connectivity index (χ0n) is 13.4. The molecule has 0 spiro atoms. The Balaban J connectivity index is 2.06. The third-order valence-electron chi connectivity index (χ3n) is 3.65. The zero-order valence-corrected chi connectivity index (χ0v) is 13.4. The molecule has 0 saturated carbocycles. The van der Waals surface area contributed by atoms with Crippen LogP contribution in [0.2, 0.25) is 0 Å². The minimum absolute atomic E-state index is 0.0174. The molecule has 0 N–H and O–H groups in total. The molecule has 0 aromatic carbocycles. The topological polar surface area (TPSA) is 90.5 Å². The Labute approximate surface area is 129 Å². The van der Waals surface area contributed by atoms with Crippen molar-refractivity contribution in [3.05, 3.63) is 22.0 Å². The molecule has 1 saturated heterocycles. The number of nitrogens with zero attached hydrogens (tertiary/aromatic N) is 4. The first kappa shape index (κ1) is 16.4. The maximum absolute atomic E-state index is 11.9. The number of nitro groups is 1. The van der Waals surface area contributed by atoms with Crippen molar-refractivity contribution < 1.29 is 14.6 Å². The number of piperidine rings is 1. The average molecular weight is 310 g/mol. The van der Waals surface area contributed by atoms with E-state index < -0.39 is 10.3 Å². The molecular formula is C14H22N4O4. The van der Waals surface area contributed by atoms with E-state index in [-0.39, 0.29) is 17.7 Å². The predicted octanol–water partition coefficient (Wildman–Crippen LogP) is 2.24. The van der Waals surface area contributed by atoms with Gasteiger partial charge >= 0.3 is 11.7 Å². The summed E-state index contributed by atoms with van der Waals surface area (Å²) in [4.78, 5) is 27.8. The van der Waals surface area contributed by atoms with Gasteiger partial charge in [0.05, 0.1) is 22.9 Å². The van der Waals surface area contributed by atoms with Gasteiger partial charge in [0.2, 0.25) is 0 Å². The molecule has 1 aliphatic rings. The molecule has 1 unspecified atom stereocenters. The SMILES string of the molecule is Cc1nn(C2CCCN(OC(=O)C(C)(C)C)C2)cc1[N+](=O)[O-]. The molecule has 1 aromatic rings. The molecule has 8 nitrogen and oxygen atoms in total. The van der Waals surface area contributed by atoms with E-state index in [4.69, 9.17) is 4.84 Å². The summed E-state index contributed by atoms with van der Waals surface area (Å²) in [5.41, 5.74) is -0.147. The van der Waals surface area contributed by atoms with Crippen LogP contribution < -0.4 is 0 Å². The third-order valence-corrected chi connectivity index (χ3v) is 3.65. The van der Waals surface area contributed by atoms with Crippen molar-refractivity contribution in [2.45, 2.75) is 46.6 Å². The highest BCUT2D eigenvalue weighted by Gasteiger charge is 2.30. The minimum atomic E-state index is -0.561. The third kappa shape index (κ3) is 3.62. The van der Waals surface area contributed by atoms with Crippen molar-refractivity contribution in [3.63, 3.8) is 0 Å². The van der Waals surface area contributed by atoms with Crippen LogP contribution in [-0.4, -0.2) is 38.8 Å². The van der Waals surface area contributed by atoms with Crippen LogP contribution in [0.25, 0.3) is 0 Å². The van der Waals surface area contributed by atoms with Crippen LogP contribution in [0, 0.1) is 22.5 Å². The predicted molar refractivity (Wildman–Crippen MR) is 79.0 cm³/mol. The summed E-state index contributed by atoms with van der Waals surface area (Å²) in [5.74, 6) is -0.282. The Morgan fingerprint density at radius 3 is 2.73 bits per heavy atom. The van der Waals surface area contributed by atoms with Crippen molar-refractivity contribution in [1.82, 2.24) is 14.8 Å². The Kier molecular flexibility index (Phi) is 4.50. The molecule has 1 atom stereocenters. The number of aryl methyl sites for hydroxylation is 1. The van der Waals surface area contributed by atoms with Gasteiger partial charge in [-0.3, -0.25) is 14.8 Å². The quantitative estimate of drug-likeness (QED) is 0.628. The highest BCUT2D eigenvalue weighted by Crippen LogP contribution is 2.26. The fraction of sp³-hybridized carbons (Fsp3) is 0.714. The molecule has 0 aliphatic carbocycles. The van der Waals surface area contributed by atoms with Crippen molar-refractivity contribution in [2.24, 2.45) is 5.41 Å². The van der Waals surface area contributed by atoms with Crippen molar-refractivity contribution >= 4 is 11.7 Å². The summed E-state index contributed by atoms with van der Waals surface area (Å²) < 4.78 is 1.62. The van der Waals surface area contributed by atoms with Crippen molar-refractivity contribution in [3.8, 4) is 0 Å². The molecule has 2 rings (SSSR count). The van der Waals surface area contributed by atoms with Gasteiger partial charge in [-0.15, -0.1) is 5.06 Å². The lowest BCUT2D eigenvalue weighted by atomic mass is 9.98. The van der Waals surface area contributed by atoms with Crippen LogP contribution in [0.5, 0.6) is 0 Å². The summed E-state index contributed by atoms with van der Waals surface area (Å²) in [7, 11) is 0. The van der Waals surface area contributed by atoms with Crippen LogP contribution in [-0.2, 0) is 9.63 Å². The number of aromatic nitrogens is 2. The number of hydrogen-bond acceptors (Lipinski definition) is 6. The van der Waals surface area contributed by atoms with Crippen molar-refractivity contribution in [1.29, 1.82) is 0 Å². The molecule has 8 heteroatoms. The van der Waals surface area contributed by atoms with Gasteiger partial charge in [0, 0.05) is 6.54 Å². The minimum Gasteiger partial charge on any atom is -0.367 e. The van der Waals surface area contributed by atoms with Gasteiger partial charge in [-0.2, -0.15) is 5.10 Å². The Morgan fingerprint density at radius 2 is 2.18 bits per heavy atom. The van der Waals surface area contributed by atoms with E-state index >= 15 is 0 Å². The van der Waals surface area contributed by atoms with Gasteiger partial charge in [0.1, 0.15) is 11.9 Å². The molecule has 2 heterocycles. The van der Waals surface area contributed by atoms with Crippen LogP contribution in [0.4, 0.5) is 5.69 Å². The molecule has 0 amide bonds. The molecular weight excluding hydrogens is 288 g/mol. The second-order valence-electron chi connectivity index (χ2n) is 6.65. The molecule has 0 radical (unpaired) electrons. The van der Waals surface area contributed by atoms with Crippen LogP contribution in [0.1, 0.15) is 45.3 Å². The Bertz CT molecular complexity index is 576. The zero-order chi connectivity index (χ0) is 16.5. The summed E-state index contributed by atoms with van der Waals surface area (Å²) >= 11 is 0.